The zero-order chi connectivity index (χ0) is 24.4. The molecule has 2 aromatic rings. The van der Waals surface area contributed by atoms with Gasteiger partial charge in [0.25, 0.3) is 0 Å². The van der Waals surface area contributed by atoms with Crippen molar-refractivity contribution in [2.75, 3.05) is 5.32 Å². The second-order valence-electron chi connectivity index (χ2n) is 8.50. The van der Waals surface area contributed by atoms with Crippen molar-refractivity contribution in [3.8, 4) is 5.75 Å². The maximum Gasteiger partial charge on any atom is 0.320 e. The SMILES string of the molecule is CC(C)C[C@H](NC(=O)[C@H](CCc1ccccc1)N[C@H](C)C(=O)O)C(=O)Nc1ccccc1O. The van der Waals surface area contributed by atoms with E-state index in [9.17, 15) is 24.6 Å². The van der Waals surface area contributed by atoms with Crippen molar-refractivity contribution in [3.63, 3.8) is 0 Å². The second-order valence-corrected chi connectivity index (χ2v) is 8.50. The molecule has 8 nitrogen and oxygen atoms in total. The average molecular weight is 456 g/mol. The zero-order valence-corrected chi connectivity index (χ0v) is 19.2. The van der Waals surface area contributed by atoms with Crippen molar-refractivity contribution >= 4 is 23.5 Å². The van der Waals surface area contributed by atoms with Gasteiger partial charge in [0.15, 0.2) is 0 Å². The summed E-state index contributed by atoms with van der Waals surface area (Å²) in [6.07, 6.45) is 1.31. The Labute approximate surface area is 194 Å². The molecule has 0 saturated carbocycles. The van der Waals surface area contributed by atoms with Gasteiger partial charge < -0.3 is 20.8 Å². The van der Waals surface area contributed by atoms with Gasteiger partial charge in [-0.05, 0) is 49.8 Å². The number of aryl methyl sites for hydroxylation is 1. The fourth-order valence-electron chi connectivity index (χ4n) is 3.39. The van der Waals surface area contributed by atoms with Crippen LogP contribution in [0.15, 0.2) is 54.6 Å². The highest BCUT2D eigenvalue weighted by molar-refractivity contribution is 5.98. The largest absolute Gasteiger partial charge is 0.506 e. The molecule has 0 fully saturated rings. The molecule has 2 amide bonds. The first kappa shape index (κ1) is 25.9. The zero-order valence-electron chi connectivity index (χ0n) is 19.2. The summed E-state index contributed by atoms with van der Waals surface area (Å²) in [4.78, 5) is 37.4. The maximum absolute atomic E-state index is 13.1. The third-order valence-corrected chi connectivity index (χ3v) is 5.20. The number of hydrogen-bond acceptors (Lipinski definition) is 5. The molecule has 0 aliphatic carbocycles. The molecule has 0 saturated heterocycles. The predicted molar refractivity (Wildman–Crippen MR) is 127 cm³/mol. The van der Waals surface area contributed by atoms with Crippen molar-refractivity contribution in [3.05, 3.63) is 60.2 Å². The molecule has 2 rings (SSSR count). The van der Waals surface area contributed by atoms with E-state index in [2.05, 4.69) is 16.0 Å². The summed E-state index contributed by atoms with van der Waals surface area (Å²) in [6.45, 7) is 5.34. The van der Waals surface area contributed by atoms with Crippen LogP contribution >= 0.6 is 0 Å². The van der Waals surface area contributed by atoms with E-state index in [4.69, 9.17) is 0 Å². The van der Waals surface area contributed by atoms with Gasteiger partial charge in [0.2, 0.25) is 11.8 Å². The van der Waals surface area contributed by atoms with Gasteiger partial charge >= 0.3 is 5.97 Å². The fourth-order valence-corrected chi connectivity index (χ4v) is 3.39. The quantitative estimate of drug-likeness (QED) is 0.313. The number of phenolic OH excluding ortho intramolecular Hbond substituents is 1. The first-order valence-electron chi connectivity index (χ1n) is 11.1. The van der Waals surface area contributed by atoms with Crippen LogP contribution in [0.3, 0.4) is 0 Å². The van der Waals surface area contributed by atoms with E-state index in [0.29, 0.717) is 19.3 Å². The molecule has 0 aromatic heterocycles. The van der Waals surface area contributed by atoms with Crippen molar-refractivity contribution in [2.24, 2.45) is 5.92 Å². The number of nitrogens with one attached hydrogen (secondary N) is 3. The van der Waals surface area contributed by atoms with Gasteiger partial charge in [0, 0.05) is 0 Å². The molecule has 0 bridgehead atoms. The number of phenols is 1. The van der Waals surface area contributed by atoms with Crippen LogP contribution in [0.5, 0.6) is 5.75 Å². The minimum absolute atomic E-state index is 0.0711. The summed E-state index contributed by atoms with van der Waals surface area (Å²) in [5.74, 6) is -1.93. The maximum atomic E-state index is 13.1. The Hall–Kier alpha value is -3.39. The van der Waals surface area contributed by atoms with Crippen molar-refractivity contribution in [1.29, 1.82) is 0 Å². The van der Waals surface area contributed by atoms with Gasteiger partial charge in [-0.25, -0.2) is 0 Å². The summed E-state index contributed by atoms with van der Waals surface area (Å²) in [5, 5.41) is 27.5. The van der Waals surface area contributed by atoms with Gasteiger partial charge in [-0.2, -0.15) is 0 Å². The first-order valence-corrected chi connectivity index (χ1v) is 11.1. The highest BCUT2D eigenvalue weighted by Gasteiger charge is 2.28. The molecular weight excluding hydrogens is 422 g/mol. The number of aromatic hydroxyl groups is 1. The van der Waals surface area contributed by atoms with E-state index < -0.39 is 35.9 Å². The van der Waals surface area contributed by atoms with E-state index in [1.165, 1.54) is 13.0 Å². The van der Waals surface area contributed by atoms with Crippen LogP contribution < -0.4 is 16.0 Å². The second kappa shape index (κ2) is 12.6. The van der Waals surface area contributed by atoms with Crippen molar-refractivity contribution < 1.29 is 24.6 Å². The molecule has 0 radical (unpaired) electrons. The Kier molecular flexibility index (Phi) is 9.87. The van der Waals surface area contributed by atoms with Crippen LogP contribution in [-0.4, -0.2) is 46.1 Å². The summed E-state index contributed by atoms with van der Waals surface area (Å²) in [5.41, 5.74) is 1.28. The van der Waals surface area contributed by atoms with Crippen LogP contribution in [0.25, 0.3) is 0 Å². The van der Waals surface area contributed by atoms with Crippen LogP contribution in [0.1, 0.15) is 39.2 Å². The van der Waals surface area contributed by atoms with Gasteiger partial charge in [0.05, 0.1) is 11.7 Å². The number of hydrogen-bond donors (Lipinski definition) is 5. The number of benzene rings is 2. The lowest BCUT2D eigenvalue weighted by Crippen LogP contribution is -2.54. The molecule has 0 heterocycles. The van der Waals surface area contributed by atoms with Gasteiger partial charge in [0.1, 0.15) is 17.8 Å². The van der Waals surface area contributed by atoms with E-state index >= 15 is 0 Å². The number of para-hydroxylation sites is 2. The summed E-state index contributed by atoms with van der Waals surface area (Å²) >= 11 is 0. The number of anilines is 1. The van der Waals surface area contributed by atoms with E-state index in [-0.39, 0.29) is 17.4 Å². The molecule has 0 spiro atoms. The summed E-state index contributed by atoms with van der Waals surface area (Å²) < 4.78 is 0. The molecule has 2 aromatic carbocycles. The topological polar surface area (TPSA) is 128 Å². The van der Waals surface area contributed by atoms with Crippen LogP contribution in [0.2, 0.25) is 0 Å². The minimum atomic E-state index is -1.07. The molecule has 0 aliphatic heterocycles. The van der Waals surface area contributed by atoms with E-state index in [1.54, 1.807) is 18.2 Å². The molecule has 0 aliphatic rings. The number of carboxylic acids is 1. The third kappa shape index (κ3) is 8.57. The van der Waals surface area contributed by atoms with Crippen molar-refractivity contribution in [2.45, 2.75) is 58.2 Å². The lowest BCUT2D eigenvalue weighted by Gasteiger charge is -2.25. The fraction of sp³-hybridized carbons (Fsp3) is 0.400. The Bertz CT molecular complexity index is 933. The minimum Gasteiger partial charge on any atom is -0.506 e. The molecule has 8 heteroatoms. The Balaban J connectivity index is 2.14. The lowest BCUT2D eigenvalue weighted by molar-refractivity contribution is -0.139. The Morgan fingerprint density at radius 3 is 2.12 bits per heavy atom. The average Bonchev–Trinajstić information content (AvgIpc) is 2.77. The third-order valence-electron chi connectivity index (χ3n) is 5.20. The summed E-state index contributed by atoms with van der Waals surface area (Å²) in [7, 11) is 0. The Morgan fingerprint density at radius 1 is 0.879 bits per heavy atom. The van der Waals surface area contributed by atoms with Gasteiger partial charge in [-0.15, -0.1) is 0 Å². The molecular formula is C25H33N3O5. The number of carboxylic acid groups (broad SMARTS) is 1. The van der Waals surface area contributed by atoms with E-state index in [1.807, 2.05) is 44.2 Å². The molecule has 5 N–H and O–H groups in total. The predicted octanol–water partition coefficient (Wildman–Crippen LogP) is 2.93. The Morgan fingerprint density at radius 2 is 1.52 bits per heavy atom. The normalized spacial score (nSPS) is 13.7. The van der Waals surface area contributed by atoms with Crippen molar-refractivity contribution in [1.82, 2.24) is 10.6 Å². The van der Waals surface area contributed by atoms with Crippen LogP contribution in [0, 0.1) is 5.92 Å². The molecule has 33 heavy (non-hydrogen) atoms. The number of amides is 2. The molecule has 3 atom stereocenters. The number of rotatable bonds is 12. The number of aliphatic carboxylic acids is 1. The van der Waals surface area contributed by atoms with Crippen LogP contribution in [-0.2, 0) is 20.8 Å². The van der Waals surface area contributed by atoms with Crippen LogP contribution in [0.4, 0.5) is 5.69 Å². The smallest absolute Gasteiger partial charge is 0.320 e. The van der Waals surface area contributed by atoms with Gasteiger partial charge in [-0.1, -0.05) is 56.3 Å². The van der Waals surface area contributed by atoms with Gasteiger partial charge in [-0.3, -0.25) is 19.7 Å². The van der Waals surface area contributed by atoms with E-state index in [0.717, 1.165) is 5.56 Å². The standard InChI is InChI=1S/C25H33N3O5/c1-16(2)15-21(24(31)27-19-11-7-8-12-22(19)29)28-23(30)20(26-17(3)25(32)33)14-13-18-9-5-4-6-10-18/h4-12,16-17,20-21,26,29H,13-15H2,1-3H3,(H,27,31)(H,28,30)(H,32,33)/t17-,20+,21+/m1/s1. The molecule has 0 unspecified atom stereocenters. The lowest BCUT2D eigenvalue weighted by atomic mass is 10.0. The monoisotopic (exact) mass is 455 g/mol. The number of carbonyl (C=O) groups is 3. The highest BCUT2D eigenvalue weighted by atomic mass is 16.4. The first-order chi connectivity index (χ1) is 15.7. The highest BCUT2D eigenvalue weighted by Crippen LogP contribution is 2.22. The molecule has 178 valence electrons. The number of carbonyl (C=O) groups excluding carboxylic acids is 2. The summed E-state index contributed by atoms with van der Waals surface area (Å²) in [6, 6.07) is 13.4.